The van der Waals surface area contributed by atoms with Crippen LogP contribution in [0, 0.1) is 0 Å². The van der Waals surface area contributed by atoms with E-state index in [1.807, 2.05) is 90.4 Å². The smallest absolute Gasteiger partial charge is 0.234 e. The summed E-state index contributed by atoms with van der Waals surface area (Å²) in [4.78, 5) is 12.6. The van der Waals surface area contributed by atoms with E-state index in [4.69, 9.17) is 9.47 Å². The molecule has 0 aliphatic rings. The van der Waals surface area contributed by atoms with Crippen molar-refractivity contribution in [1.82, 2.24) is 14.8 Å². The zero-order chi connectivity index (χ0) is 23.9. The number of hydrogen-bond donors (Lipinski definition) is 1. The Labute approximate surface area is 210 Å². The van der Waals surface area contributed by atoms with Gasteiger partial charge >= 0.3 is 0 Å². The summed E-state index contributed by atoms with van der Waals surface area (Å²) in [5.74, 6) is 2.04. The summed E-state index contributed by atoms with van der Waals surface area (Å²) in [5, 5.41) is 12.3. The highest BCUT2D eigenvalue weighted by atomic mass is 79.9. The number of para-hydroxylation sites is 2. The van der Waals surface area contributed by atoms with Crippen molar-refractivity contribution in [1.29, 1.82) is 0 Å². The molecular weight excluding hydrogens is 516 g/mol. The number of amides is 1. The number of nitrogens with one attached hydrogen (secondary N) is 1. The number of rotatable bonds is 9. The van der Waals surface area contributed by atoms with Crippen LogP contribution in [0.25, 0.3) is 5.69 Å². The minimum Gasteiger partial charge on any atom is -0.497 e. The average molecular weight is 539 g/mol. The van der Waals surface area contributed by atoms with Crippen LogP contribution in [0.4, 0.5) is 5.69 Å². The van der Waals surface area contributed by atoms with Crippen molar-refractivity contribution in [2.45, 2.75) is 18.2 Å². The van der Waals surface area contributed by atoms with Gasteiger partial charge in [0.25, 0.3) is 0 Å². The van der Waals surface area contributed by atoms with Crippen molar-refractivity contribution in [3.63, 3.8) is 0 Å². The topological polar surface area (TPSA) is 78.3 Å². The van der Waals surface area contributed by atoms with Crippen molar-refractivity contribution in [3.05, 3.63) is 89.2 Å². The van der Waals surface area contributed by atoms with Crippen molar-refractivity contribution >= 4 is 39.3 Å². The largest absolute Gasteiger partial charge is 0.497 e. The molecule has 0 spiro atoms. The summed E-state index contributed by atoms with van der Waals surface area (Å²) in [5.41, 5.74) is 1.61. The molecule has 1 heterocycles. The lowest BCUT2D eigenvalue weighted by atomic mass is 10.3. The molecule has 1 N–H and O–H groups in total. The molecule has 1 atom stereocenters. The lowest BCUT2D eigenvalue weighted by Gasteiger charge is -2.17. The highest BCUT2D eigenvalue weighted by molar-refractivity contribution is 9.10. The SMILES string of the molecule is COc1cccc(OC(C)c2nnc(SCC(=O)Nc3ccccc3Br)n2-c2ccccc2)c1. The van der Waals surface area contributed by atoms with Crippen molar-refractivity contribution in [2.75, 3.05) is 18.2 Å². The molecule has 34 heavy (non-hydrogen) atoms. The Kier molecular flexibility index (Phi) is 7.87. The number of halogens is 1. The summed E-state index contributed by atoms with van der Waals surface area (Å²) in [7, 11) is 1.62. The van der Waals surface area contributed by atoms with Crippen molar-refractivity contribution < 1.29 is 14.3 Å². The summed E-state index contributed by atoms with van der Waals surface area (Å²) in [6.07, 6.45) is -0.400. The Hall–Kier alpha value is -3.30. The second kappa shape index (κ2) is 11.2. The molecule has 0 radical (unpaired) electrons. The van der Waals surface area contributed by atoms with Gasteiger partial charge in [0, 0.05) is 16.2 Å². The van der Waals surface area contributed by atoms with Gasteiger partial charge in [-0.25, -0.2) is 0 Å². The predicted molar refractivity (Wildman–Crippen MR) is 137 cm³/mol. The molecule has 0 fully saturated rings. The third kappa shape index (κ3) is 5.78. The zero-order valence-electron chi connectivity index (χ0n) is 18.6. The van der Waals surface area contributed by atoms with Gasteiger partial charge in [-0.05, 0) is 59.3 Å². The minimum absolute atomic E-state index is 0.137. The van der Waals surface area contributed by atoms with Crippen LogP contribution in [0.5, 0.6) is 11.5 Å². The van der Waals surface area contributed by atoms with Crippen LogP contribution in [0.2, 0.25) is 0 Å². The first kappa shape index (κ1) is 23.8. The van der Waals surface area contributed by atoms with E-state index in [0.29, 0.717) is 22.5 Å². The molecule has 1 unspecified atom stereocenters. The maximum Gasteiger partial charge on any atom is 0.234 e. The number of ether oxygens (including phenoxy) is 2. The van der Waals surface area contributed by atoms with Gasteiger partial charge in [-0.2, -0.15) is 0 Å². The number of carbonyl (C=O) groups excluding carboxylic acids is 1. The maximum absolute atomic E-state index is 12.6. The molecule has 0 saturated carbocycles. The maximum atomic E-state index is 12.6. The average Bonchev–Trinajstić information content (AvgIpc) is 3.29. The van der Waals surface area contributed by atoms with Gasteiger partial charge in [0.15, 0.2) is 17.1 Å². The first-order valence-electron chi connectivity index (χ1n) is 10.5. The van der Waals surface area contributed by atoms with Gasteiger partial charge in [0.2, 0.25) is 5.91 Å². The number of anilines is 1. The quantitative estimate of drug-likeness (QED) is 0.267. The molecule has 4 aromatic rings. The number of carbonyl (C=O) groups is 1. The first-order valence-corrected chi connectivity index (χ1v) is 12.3. The number of aromatic nitrogens is 3. The predicted octanol–water partition coefficient (Wildman–Crippen LogP) is 5.91. The van der Waals surface area contributed by atoms with Crippen LogP contribution in [0.1, 0.15) is 18.9 Å². The number of benzene rings is 3. The molecule has 3 aromatic carbocycles. The fourth-order valence-corrected chi connectivity index (χ4v) is 4.41. The Bertz CT molecular complexity index is 1270. The number of methoxy groups -OCH3 is 1. The number of nitrogens with zero attached hydrogens (tertiary/aromatic N) is 3. The zero-order valence-corrected chi connectivity index (χ0v) is 21.0. The normalized spacial score (nSPS) is 11.6. The number of hydrogen-bond acceptors (Lipinski definition) is 6. The summed E-state index contributed by atoms with van der Waals surface area (Å²) >= 11 is 4.76. The molecule has 9 heteroatoms. The molecule has 7 nitrogen and oxygen atoms in total. The summed E-state index contributed by atoms with van der Waals surface area (Å²) in [6, 6.07) is 24.7. The van der Waals surface area contributed by atoms with Crippen molar-refractivity contribution in [3.8, 4) is 17.2 Å². The summed E-state index contributed by atoms with van der Waals surface area (Å²) in [6.45, 7) is 1.91. The highest BCUT2D eigenvalue weighted by Gasteiger charge is 2.22. The highest BCUT2D eigenvalue weighted by Crippen LogP contribution is 2.29. The van der Waals surface area contributed by atoms with Gasteiger partial charge in [-0.15, -0.1) is 10.2 Å². The van der Waals surface area contributed by atoms with Gasteiger partial charge in [-0.1, -0.05) is 48.2 Å². The van der Waals surface area contributed by atoms with E-state index in [0.717, 1.165) is 15.8 Å². The summed E-state index contributed by atoms with van der Waals surface area (Å²) < 4.78 is 14.2. The van der Waals surface area contributed by atoms with Crippen LogP contribution in [0.3, 0.4) is 0 Å². The lowest BCUT2D eigenvalue weighted by Crippen LogP contribution is -2.15. The minimum atomic E-state index is -0.400. The van der Waals surface area contributed by atoms with Crippen LogP contribution >= 0.6 is 27.7 Å². The van der Waals surface area contributed by atoms with Gasteiger partial charge < -0.3 is 14.8 Å². The van der Waals surface area contributed by atoms with E-state index in [-0.39, 0.29) is 11.7 Å². The van der Waals surface area contributed by atoms with Gasteiger partial charge in [0.05, 0.1) is 18.6 Å². The Morgan fingerprint density at radius 2 is 1.76 bits per heavy atom. The Balaban J connectivity index is 1.54. The van der Waals surface area contributed by atoms with E-state index < -0.39 is 6.10 Å². The number of thioether (sulfide) groups is 1. The Morgan fingerprint density at radius 1 is 1.03 bits per heavy atom. The molecule has 0 aliphatic heterocycles. The second-order valence-electron chi connectivity index (χ2n) is 7.27. The standard InChI is InChI=1S/C25H23BrN4O3S/c1-17(33-20-12-8-11-19(15-20)32-2)24-28-29-25(30(24)18-9-4-3-5-10-18)34-16-23(31)27-22-14-7-6-13-21(22)26/h3-15,17H,16H2,1-2H3,(H,27,31). The van der Waals surface area contributed by atoms with E-state index in [1.54, 1.807) is 7.11 Å². The fourth-order valence-electron chi connectivity index (χ4n) is 3.27. The van der Waals surface area contributed by atoms with E-state index in [9.17, 15) is 4.79 Å². The molecule has 0 saturated heterocycles. The lowest BCUT2D eigenvalue weighted by molar-refractivity contribution is -0.113. The molecule has 0 aliphatic carbocycles. The fraction of sp³-hybridized carbons (Fsp3) is 0.160. The third-order valence-electron chi connectivity index (χ3n) is 4.87. The molecule has 1 aromatic heterocycles. The second-order valence-corrected chi connectivity index (χ2v) is 9.06. The first-order chi connectivity index (χ1) is 16.5. The van der Waals surface area contributed by atoms with Crippen LogP contribution in [0.15, 0.2) is 88.5 Å². The third-order valence-corrected chi connectivity index (χ3v) is 6.49. The van der Waals surface area contributed by atoms with Crippen LogP contribution in [-0.2, 0) is 4.79 Å². The van der Waals surface area contributed by atoms with Crippen LogP contribution < -0.4 is 14.8 Å². The van der Waals surface area contributed by atoms with E-state index in [1.165, 1.54) is 11.8 Å². The molecule has 4 rings (SSSR count). The molecule has 174 valence electrons. The van der Waals surface area contributed by atoms with Gasteiger partial charge in [0.1, 0.15) is 11.5 Å². The van der Waals surface area contributed by atoms with Crippen molar-refractivity contribution in [2.24, 2.45) is 0 Å². The molecule has 0 bridgehead atoms. The van der Waals surface area contributed by atoms with E-state index in [2.05, 4.69) is 31.4 Å². The molecule has 1 amide bonds. The monoisotopic (exact) mass is 538 g/mol. The van der Waals surface area contributed by atoms with E-state index >= 15 is 0 Å². The van der Waals surface area contributed by atoms with Crippen LogP contribution in [-0.4, -0.2) is 33.5 Å². The van der Waals surface area contributed by atoms with Gasteiger partial charge in [-0.3, -0.25) is 9.36 Å². The Morgan fingerprint density at radius 3 is 2.53 bits per heavy atom. The molecular formula is C25H23BrN4O3S.